The van der Waals surface area contributed by atoms with Crippen molar-refractivity contribution in [2.75, 3.05) is 16.8 Å². The van der Waals surface area contributed by atoms with Crippen LogP contribution >= 0.6 is 0 Å². The summed E-state index contributed by atoms with van der Waals surface area (Å²) >= 11 is 0. The molecule has 0 atom stereocenters. The van der Waals surface area contributed by atoms with Crippen LogP contribution in [-0.2, 0) is 12.5 Å². The number of hydrogen-bond donors (Lipinski definition) is 0. The average Bonchev–Trinajstić information content (AvgIpc) is 3.72. The summed E-state index contributed by atoms with van der Waals surface area (Å²) in [4.78, 5) is 4.56. The average molecular weight is 774 g/mol. The number of aromatic nitrogens is 1. The Kier molecular flexibility index (Phi) is 12.5. The van der Waals surface area contributed by atoms with E-state index >= 15 is 0 Å². The van der Waals surface area contributed by atoms with Crippen LogP contribution in [0, 0.1) is 0 Å². The lowest BCUT2D eigenvalue weighted by Gasteiger charge is -2.29. The van der Waals surface area contributed by atoms with Gasteiger partial charge in [0.25, 0.3) is 0 Å². The van der Waals surface area contributed by atoms with Crippen LogP contribution in [0.1, 0.15) is 77.0 Å². The highest BCUT2D eigenvalue weighted by atomic mass is 15.2. The first kappa shape index (κ1) is 40.9. The number of benzene rings is 5. The fourth-order valence-corrected chi connectivity index (χ4v) is 9.13. The summed E-state index contributed by atoms with van der Waals surface area (Å²) in [6, 6.07) is 43.3. The lowest BCUT2D eigenvalue weighted by Crippen LogP contribution is -2.19. The summed E-state index contributed by atoms with van der Waals surface area (Å²) in [5.41, 5.74) is 17.2. The lowest BCUT2D eigenvalue weighted by molar-refractivity contribution is 0.657. The van der Waals surface area contributed by atoms with E-state index in [4.69, 9.17) is 0 Å². The monoisotopic (exact) mass is 773 g/mol. The quantitative estimate of drug-likeness (QED) is 0.143. The number of allylic oxidation sites excluding steroid dienone is 12. The molecule has 0 amide bonds. The van der Waals surface area contributed by atoms with Crippen molar-refractivity contribution in [1.82, 2.24) is 4.57 Å². The van der Waals surface area contributed by atoms with Gasteiger partial charge in [0.1, 0.15) is 0 Å². The highest BCUT2D eigenvalue weighted by Gasteiger charge is 2.39. The number of anilines is 3. The Morgan fingerprint density at radius 2 is 1.34 bits per heavy atom. The first-order chi connectivity index (χ1) is 28.8. The molecular formula is C56H59N3. The minimum absolute atomic E-state index is 0.0885. The number of rotatable bonds is 8. The highest BCUT2D eigenvalue weighted by molar-refractivity contribution is 6.12. The normalized spacial score (nSPS) is 15.4. The second kappa shape index (κ2) is 18.1. The van der Waals surface area contributed by atoms with Gasteiger partial charge in [0.15, 0.2) is 0 Å². The Hall–Kier alpha value is -6.32. The zero-order valence-corrected chi connectivity index (χ0v) is 36.0. The van der Waals surface area contributed by atoms with Gasteiger partial charge in [-0.2, -0.15) is 0 Å². The molecule has 0 spiro atoms. The largest absolute Gasteiger partial charge is 0.348 e. The van der Waals surface area contributed by atoms with E-state index in [1.165, 1.54) is 73.9 Å². The fourth-order valence-electron chi connectivity index (χ4n) is 9.13. The van der Waals surface area contributed by atoms with Gasteiger partial charge in [-0.15, -0.1) is 0 Å². The van der Waals surface area contributed by atoms with Gasteiger partial charge in [0, 0.05) is 75.3 Å². The highest BCUT2D eigenvalue weighted by Crippen LogP contribution is 2.53. The number of nitrogens with zero attached hydrogens (tertiary/aromatic N) is 3. The number of para-hydroxylation sites is 2. The minimum Gasteiger partial charge on any atom is -0.348 e. The molecule has 9 rings (SSSR count). The Bertz CT molecular complexity index is 2620. The summed E-state index contributed by atoms with van der Waals surface area (Å²) < 4.78 is 2.34. The molecule has 3 nitrogen and oxygen atoms in total. The van der Waals surface area contributed by atoms with Crippen molar-refractivity contribution in [3.8, 4) is 0 Å². The third-order valence-electron chi connectivity index (χ3n) is 11.9. The Balaban J connectivity index is 0.000000183. The summed E-state index contributed by atoms with van der Waals surface area (Å²) in [7, 11) is 4.36. The van der Waals surface area contributed by atoms with E-state index in [1.54, 1.807) is 5.57 Å². The van der Waals surface area contributed by atoms with E-state index in [-0.39, 0.29) is 5.41 Å². The second-order valence-corrected chi connectivity index (χ2v) is 15.7. The first-order valence-electron chi connectivity index (χ1n) is 21.3. The van der Waals surface area contributed by atoms with Crippen molar-refractivity contribution in [3.63, 3.8) is 0 Å². The fraction of sp³-hybridized carbons (Fsp3) is 0.214. The topological polar surface area (TPSA) is 11.4 Å². The molecule has 0 unspecified atom stereocenters. The van der Waals surface area contributed by atoms with Crippen LogP contribution in [0.2, 0.25) is 0 Å². The molecule has 0 saturated heterocycles. The third kappa shape index (κ3) is 7.82. The van der Waals surface area contributed by atoms with Crippen LogP contribution in [0.5, 0.6) is 0 Å². The number of fused-ring (bicyclic) bond motifs is 6. The maximum atomic E-state index is 4.07. The minimum atomic E-state index is 0.0885. The summed E-state index contributed by atoms with van der Waals surface area (Å²) in [6.07, 6.45) is 21.8. The molecule has 0 bridgehead atoms. The van der Waals surface area contributed by atoms with Crippen molar-refractivity contribution in [2.45, 2.75) is 65.7 Å². The molecule has 3 heteroatoms. The van der Waals surface area contributed by atoms with E-state index in [1.807, 2.05) is 45.1 Å². The number of aryl methyl sites for hydroxylation is 1. The van der Waals surface area contributed by atoms with E-state index in [0.29, 0.717) is 0 Å². The van der Waals surface area contributed by atoms with Gasteiger partial charge in [-0.3, -0.25) is 0 Å². The molecule has 0 fully saturated rings. The second-order valence-electron chi connectivity index (χ2n) is 15.7. The predicted octanol–water partition coefficient (Wildman–Crippen LogP) is 15.4. The van der Waals surface area contributed by atoms with Gasteiger partial charge in [0.2, 0.25) is 0 Å². The molecule has 298 valence electrons. The van der Waals surface area contributed by atoms with Crippen LogP contribution in [0.15, 0.2) is 193 Å². The molecule has 3 aliphatic rings. The standard InChI is InChI=1S/C32H32N2.C22H21N.C2H6/c1-4-6-17-27(5-2)34(29-18-11-8-12-19-29)30-24-22-28(23-25-30)33(3)32-21-14-13-20-31(32)26-15-9-7-10-16-26;1-22(2)17-10-6-4-8-14(17)15-12-13-19-20(21(15)22)16-9-5-7-11-18(16)23(19)3;1-2/h4-13,15-20,22-25H,2,14,21H2,1,3H3;5-7,9-13H,4,8H2,1-3H3;1-2H3/b6-4-,27-17+;;. The molecule has 1 aromatic heterocycles. The molecule has 1 heterocycles. The van der Waals surface area contributed by atoms with Gasteiger partial charge in [-0.1, -0.05) is 144 Å². The summed E-state index contributed by atoms with van der Waals surface area (Å²) in [5, 5.41) is 2.84. The van der Waals surface area contributed by atoms with Crippen LogP contribution in [0.25, 0.3) is 33.0 Å². The summed E-state index contributed by atoms with van der Waals surface area (Å²) in [6.45, 7) is 14.9. The van der Waals surface area contributed by atoms with Crippen LogP contribution in [0.3, 0.4) is 0 Å². The van der Waals surface area contributed by atoms with Gasteiger partial charge in [-0.05, 0) is 121 Å². The van der Waals surface area contributed by atoms with E-state index in [0.717, 1.165) is 29.9 Å². The SMILES string of the molecule is C=C/C(=C\C=C/C)N(c1ccccc1)c1ccc(N(C)C2=C(c3ccccc3)C=CCC2)cc1.CC.Cn1c2ccccc2c2c3c(ccc21)C1=C(C=CCC1)C3(C)C. The zero-order valence-electron chi connectivity index (χ0n) is 36.0. The van der Waals surface area contributed by atoms with Gasteiger partial charge >= 0.3 is 0 Å². The molecule has 3 aliphatic carbocycles. The van der Waals surface area contributed by atoms with Crippen LogP contribution in [0.4, 0.5) is 17.1 Å². The van der Waals surface area contributed by atoms with Gasteiger partial charge < -0.3 is 14.4 Å². The number of hydrogen-bond acceptors (Lipinski definition) is 2. The molecule has 5 aromatic carbocycles. The molecule has 0 radical (unpaired) electrons. The van der Waals surface area contributed by atoms with Crippen LogP contribution < -0.4 is 9.80 Å². The maximum absolute atomic E-state index is 4.07. The van der Waals surface area contributed by atoms with Crippen molar-refractivity contribution >= 4 is 50.0 Å². The predicted molar refractivity (Wildman–Crippen MR) is 258 cm³/mol. The lowest BCUT2D eigenvalue weighted by atomic mass is 9.78. The van der Waals surface area contributed by atoms with Crippen molar-refractivity contribution < 1.29 is 0 Å². The van der Waals surface area contributed by atoms with Gasteiger partial charge in [-0.25, -0.2) is 0 Å². The van der Waals surface area contributed by atoms with Crippen LogP contribution in [-0.4, -0.2) is 11.6 Å². The molecule has 0 saturated carbocycles. The summed E-state index contributed by atoms with van der Waals surface area (Å²) in [5.74, 6) is 0. The third-order valence-corrected chi connectivity index (χ3v) is 11.9. The van der Waals surface area contributed by atoms with Crippen molar-refractivity contribution in [1.29, 1.82) is 0 Å². The van der Waals surface area contributed by atoms with Crippen molar-refractivity contribution in [3.05, 3.63) is 210 Å². The first-order valence-corrected chi connectivity index (χ1v) is 21.3. The maximum Gasteiger partial charge on any atom is 0.0492 e. The molecular weight excluding hydrogens is 715 g/mol. The molecule has 6 aromatic rings. The molecule has 0 aliphatic heterocycles. The van der Waals surface area contributed by atoms with Gasteiger partial charge in [0.05, 0.1) is 0 Å². The Morgan fingerprint density at radius 3 is 2.05 bits per heavy atom. The van der Waals surface area contributed by atoms with E-state index in [2.05, 4.69) is 195 Å². The molecule has 59 heavy (non-hydrogen) atoms. The van der Waals surface area contributed by atoms with E-state index in [9.17, 15) is 0 Å². The zero-order chi connectivity index (χ0) is 41.5. The van der Waals surface area contributed by atoms with Crippen molar-refractivity contribution in [2.24, 2.45) is 7.05 Å². The Labute approximate surface area is 353 Å². The van der Waals surface area contributed by atoms with E-state index < -0.39 is 0 Å². The smallest absolute Gasteiger partial charge is 0.0492 e. The molecule has 0 N–H and O–H groups in total. The Morgan fingerprint density at radius 1 is 0.712 bits per heavy atom.